The molecule has 1 atom stereocenters. The van der Waals surface area contributed by atoms with E-state index in [1.807, 2.05) is 26.8 Å². The molecule has 146 valence electrons. The van der Waals surface area contributed by atoms with Crippen molar-refractivity contribution in [3.8, 4) is 6.07 Å². The van der Waals surface area contributed by atoms with Crippen LogP contribution in [0.15, 0.2) is 42.5 Å². The number of aryl methyl sites for hydroxylation is 1. The number of amides is 2. The molecule has 0 aliphatic carbocycles. The molecule has 2 aromatic carbocycles. The van der Waals surface area contributed by atoms with Crippen LogP contribution in [0, 0.1) is 11.3 Å². The number of anilines is 2. The molecule has 7 heteroatoms. The first-order valence-corrected chi connectivity index (χ1v) is 9.03. The van der Waals surface area contributed by atoms with Gasteiger partial charge in [0.25, 0.3) is 0 Å². The Hall–Kier alpha value is -3.53. The number of carboxylic acids is 1. The fourth-order valence-electron chi connectivity index (χ4n) is 2.72. The molecule has 2 rings (SSSR count). The molecule has 0 radical (unpaired) electrons. The number of carboxylic acid groups (broad SMARTS) is 1. The highest BCUT2D eigenvalue weighted by Gasteiger charge is 2.21. The van der Waals surface area contributed by atoms with Crippen molar-refractivity contribution in [2.45, 2.75) is 39.3 Å². The fourth-order valence-corrected chi connectivity index (χ4v) is 2.72. The molecule has 0 fully saturated rings. The lowest BCUT2D eigenvalue weighted by Gasteiger charge is -2.19. The van der Waals surface area contributed by atoms with Crippen molar-refractivity contribution in [1.29, 1.82) is 5.26 Å². The van der Waals surface area contributed by atoms with Gasteiger partial charge in [-0.3, -0.25) is 0 Å². The van der Waals surface area contributed by atoms with Crippen LogP contribution < -0.4 is 16.0 Å². The van der Waals surface area contributed by atoms with Gasteiger partial charge in [-0.2, -0.15) is 5.26 Å². The Morgan fingerprint density at radius 1 is 1.14 bits per heavy atom. The molecule has 28 heavy (non-hydrogen) atoms. The van der Waals surface area contributed by atoms with Crippen molar-refractivity contribution in [1.82, 2.24) is 5.32 Å². The second-order valence-corrected chi connectivity index (χ2v) is 6.63. The summed E-state index contributed by atoms with van der Waals surface area (Å²) in [6.45, 7) is 5.68. The van der Waals surface area contributed by atoms with Crippen molar-refractivity contribution in [2.24, 2.45) is 0 Å². The Balaban J connectivity index is 2.25. The topological polar surface area (TPSA) is 114 Å². The van der Waals surface area contributed by atoms with Gasteiger partial charge >= 0.3 is 12.0 Å². The third kappa shape index (κ3) is 5.48. The number of carbonyl (C=O) groups is 2. The molecule has 0 saturated carbocycles. The first-order chi connectivity index (χ1) is 13.3. The molecule has 4 N–H and O–H groups in total. The van der Waals surface area contributed by atoms with Gasteiger partial charge in [-0.25, -0.2) is 9.59 Å². The average Bonchev–Trinajstić information content (AvgIpc) is 2.66. The van der Waals surface area contributed by atoms with Gasteiger partial charge in [0.1, 0.15) is 0 Å². The first kappa shape index (κ1) is 20.8. The summed E-state index contributed by atoms with van der Waals surface area (Å²) >= 11 is 0. The monoisotopic (exact) mass is 380 g/mol. The van der Waals surface area contributed by atoms with Gasteiger partial charge in [-0.15, -0.1) is 0 Å². The standard InChI is InChI=1S/C21H24N4O3/c1-4-15-11-16(7-10-18(15)25-21(28)23-13(2)3)19(20(26)27)24-17-8-5-14(12-22)6-9-17/h5-11,13,19,24H,4H2,1-3H3,(H,26,27)(H2,23,25,28). The maximum atomic E-state index is 12.0. The van der Waals surface area contributed by atoms with Gasteiger partial charge in [-0.05, 0) is 61.7 Å². The predicted molar refractivity (Wildman–Crippen MR) is 108 cm³/mol. The highest BCUT2D eigenvalue weighted by atomic mass is 16.4. The maximum absolute atomic E-state index is 12.0. The summed E-state index contributed by atoms with van der Waals surface area (Å²) in [4.78, 5) is 23.8. The summed E-state index contributed by atoms with van der Waals surface area (Å²) in [5.41, 5.74) is 3.16. The van der Waals surface area contributed by atoms with Crippen LogP contribution in [0.4, 0.5) is 16.2 Å². The van der Waals surface area contributed by atoms with Gasteiger partial charge in [0.15, 0.2) is 6.04 Å². The van der Waals surface area contributed by atoms with Crippen molar-refractivity contribution in [3.63, 3.8) is 0 Å². The van der Waals surface area contributed by atoms with E-state index in [2.05, 4.69) is 16.0 Å². The zero-order valence-electron chi connectivity index (χ0n) is 16.1. The third-order valence-electron chi connectivity index (χ3n) is 4.08. The number of nitriles is 1. The van der Waals surface area contributed by atoms with E-state index in [-0.39, 0.29) is 12.1 Å². The number of carbonyl (C=O) groups excluding carboxylic acids is 1. The van der Waals surface area contributed by atoms with Crippen LogP contribution in [0.5, 0.6) is 0 Å². The summed E-state index contributed by atoms with van der Waals surface area (Å²) in [5.74, 6) is -1.02. The van der Waals surface area contributed by atoms with Gasteiger partial charge in [0.05, 0.1) is 11.6 Å². The minimum atomic E-state index is -1.02. The molecule has 0 spiro atoms. The SMILES string of the molecule is CCc1cc(C(Nc2ccc(C#N)cc2)C(=O)O)ccc1NC(=O)NC(C)C. The molecule has 2 amide bonds. The molecule has 2 aromatic rings. The minimum Gasteiger partial charge on any atom is -0.479 e. The number of aliphatic carboxylic acids is 1. The summed E-state index contributed by atoms with van der Waals surface area (Å²) in [5, 5.41) is 27.1. The van der Waals surface area contributed by atoms with E-state index >= 15 is 0 Å². The molecular formula is C21H24N4O3. The number of rotatable bonds is 7. The Kier molecular flexibility index (Phi) is 6.99. The summed E-state index contributed by atoms with van der Waals surface area (Å²) in [7, 11) is 0. The second kappa shape index (κ2) is 9.42. The first-order valence-electron chi connectivity index (χ1n) is 9.03. The lowest BCUT2D eigenvalue weighted by Crippen LogP contribution is -2.34. The van der Waals surface area contributed by atoms with Gasteiger partial charge in [0.2, 0.25) is 0 Å². The number of benzene rings is 2. The Bertz CT molecular complexity index is 886. The largest absolute Gasteiger partial charge is 0.479 e. The van der Waals surface area contributed by atoms with Gasteiger partial charge < -0.3 is 21.1 Å². The van der Waals surface area contributed by atoms with Crippen LogP contribution in [-0.2, 0) is 11.2 Å². The third-order valence-corrected chi connectivity index (χ3v) is 4.08. The van der Waals surface area contributed by atoms with Crippen LogP contribution in [0.2, 0.25) is 0 Å². The van der Waals surface area contributed by atoms with E-state index in [1.54, 1.807) is 42.5 Å². The van der Waals surface area contributed by atoms with Gasteiger partial charge in [0, 0.05) is 17.4 Å². The number of hydrogen-bond acceptors (Lipinski definition) is 4. The van der Waals surface area contributed by atoms with E-state index in [0.29, 0.717) is 28.9 Å². The Morgan fingerprint density at radius 2 is 1.82 bits per heavy atom. The summed E-state index contributed by atoms with van der Waals surface area (Å²) in [6.07, 6.45) is 0.633. The highest BCUT2D eigenvalue weighted by Crippen LogP contribution is 2.25. The smallest absolute Gasteiger partial charge is 0.330 e. The molecule has 7 nitrogen and oxygen atoms in total. The van der Waals surface area contributed by atoms with E-state index < -0.39 is 12.0 Å². The van der Waals surface area contributed by atoms with Crippen molar-refractivity contribution < 1.29 is 14.7 Å². The minimum absolute atomic E-state index is 0.0114. The Morgan fingerprint density at radius 3 is 2.36 bits per heavy atom. The van der Waals surface area contributed by atoms with Crippen LogP contribution in [-0.4, -0.2) is 23.1 Å². The predicted octanol–water partition coefficient (Wildman–Crippen LogP) is 3.89. The lowest BCUT2D eigenvalue weighted by atomic mass is 10.0. The number of urea groups is 1. The number of nitrogens with zero attached hydrogens (tertiary/aromatic N) is 1. The van der Waals surface area contributed by atoms with Gasteiger partial charge in [-0.1, -0.05) is 19.1 Å². The van der Waals surface area contributed by atoms with Crippen LogP contribution in [0.1, 0.15) is 43.5 Å². The quantitative estimate of drug-likeness (QED) is 0.582. The molecule has 0 aliphatic rings. The van der Waals surface area contributed by atoms with Crippen molar-refractivity contribution in [2.75, 3.05) is 10.6 Å². The van der Waals surface area contributed by atoms with Crippen LogP contribution >= 0.6 is 0 Å². The van der Waals surface area contributed by atoms with Crippen LogP contribution in [0.3, 0.4) is 0 Å². The number of nitrogens with one attached hydrogen (secondary N) is 3. The summed E-state index contributed by atoms with van der Waals surface area (Å²) < 4.78 is 0. The fraction of sp³-hybridized carbons (Fsp3) is 0.286. The molecular weight excluding hydrogens is 356 g/mol. The van der Waals surface area contributed by atoms with Crippen molar-refractivity contribution in [3.05, 3.63) is 59.2 Å². The van der Waals surface area contributed by atoms with E-state index in [9.17, 15) is 14.7 Å². The van der Waals surface area contributed by atoms with E-state index in [0.717, 1.165) is 5.56 Å². The highest BCUT2D eigenvalue weighted by molar-refractivity contribution is 5.90. The Labute approximate surface area is 164 Å². The molecule has 0 aromatic heterocycles. The molecule has 0 aliphatic heterocycles. The van der Waals surface area contributed by atoms with E-state index in [1.165, 1.54) is 0 Å². The normalized spacial score (nSPS) is 11.4. The lowest BCUT2D eigenvalue weighted by molar-refractivity contribution is -0.138. The second-order valence-electron chi connectivity index (χ2n) is 6.63. The zero-order valence-corrected chi connectivity index (χ0v) is 16.1. The molecule has 0 heterocycles. The zero-order chi connectivity index (χ0) is 20.7. The van der Waals surface area contributed by atoms with Crippen LogP contribution in [0.25, 0.3) is 0 Å². The maximum Gasteiger partial charge on any atom is 0.330 e. The number of hydrogen-bond donors (Lipinski definition) is 4. The average molecular weight is 380 g/mol. The molecule has 0 bridgehead atoms. The van der Waals surface area contributed by atoms with E-state index in [4.69, 9.17) is 5.26 Å². The van der Waals surface area contributed by atoms with Crippen molar-refractivity contribution >= 4 is 23.4 Å². The molecule has 0 saturated heterocycles. The molecule has 1 unspecified atom stereocenters. The summed E-state index contributed by atoms with van der Waals surface area (Å²) in [6, 6.07) is 12.5.